The number of primary amides is 1. The van der Waals surface area contributed by atoms with E-state index in [-0.39, 0.29) is 6.10 Å². The smallest absolute Gasteiger partial charge is 0.404 e. The zero-order valence-electron chi connectivity index (χ0n) is 7.00. The normalized spacial score (nSPS) is 12.5. The fourth-order valence-corrected chi connectivity index (χ4v) is 0.760. The molecule has 0 heterocycles. The third-order valence-corrected chi connectivity index (χ3v) is 1.38. The van der Waals surface area contributed by atoms with Crippen LogP contribution in [0.1, 0.15) is 19.8 Å². The highest BCUT2D eigenvalue weighted by atomic mass is 16.6. The third kappa shape index (κ3) is 5.66. The van der Waals surface area contributed by atoms with Crippen molar-refractivity contribution in [2.75, 3.05) is 13.7 Å². The van der Waals surface area contributed by atoms with E-state index >= 15 is 0 Å². The highest BCUT2D eigenvalue weighted by molar-refractivity contribution is 5.64. The Morgan fingerprint density at radius 1 is 1.64 bits per heavy atom. The topological polar surface area (TPSA) is 61.6 Å². The minimum Gasteiger partial charge on any atom is -0.446 e. The van der Waals surface area contributed by atoms with E-state index in [0.29, 0.717) is 13.0 Å². The van der Waals surface area contributed by atoms with Gasteiger partial charge < -0.3 is 15.2 Å². The lowest BCUT2D eigenvalue weighted by atomic mass is 10.2. The first kappa shape index (κ1) is 10.2. The Bertz CT molecular complexity index is 116. The van der Waals surface area contributed by atoms with Gasteiger partial charge in [-0.2, -0.15) is 0 Å². The number of amides is 1. The first-order valence-electron chi connectivity index (χ1n) is 3.65. The van der Waals surface area contributed by atoms with Crippen LogP contribution in [-0.2, 0) is 9.47 Å². The Hall–Kier alpha value is -0.770. The van der Waals surface area contributed by atoms with Gasteiger partial charge >= 0.3 is 6.09 Å². The van der Waals surface area contributed by atoms with Gasteiger partial charge in [0.2, 0.25) is 0 Å². The number of hydrogen-bond donors (Lipinski definition) is 1. The maximum atomic E-state index is 10.3. The molecule has 0 aliphatic rings. The van der Waals surface area contributed by atoms with Crippen molar-refractivity contribution in [1.29, 1.82) is 0 Å². The molecule has 0 rings (SSSR count). The zero-order valence-corrected chi connectivity index (χ0v) is 7.00. The molecule has 66 valence electrons. The minimum atomic E-state index is -0.715. The highest BCUT2D eigenvalue weighted by Gasteiger charge is 2.08. The van der Waals surface area contributed by atoms with Gasteiger partial charge in [0.15, 0.2) is 0 Å². The number of hydrogen-bond acceptors (Lipinski definition) is 3. The van der Waals surface area contributed by atoms with E-state index in [1.165, 1.54) is 0 Å². The second-order valence-corrected chi connectivity index (χ2v) is 2.25. The Balaban J connectivity index is 3.49. The number of methoxy groups -OCH3 is 1. The third-order valence-electron chi connectivity index (χ3n) is 1.38. The molecule has 2 N–H and O–H groups in total. The molecule has 0 aliphatic carbocycles. The summed E-state index contributed by atoms with van der Waals surface area (Å²) < 4.78 is 9.58. The SMILES string of the molecule is CCC(CCOC)OC(N)=O. The largest absolute Gasteiger partial charge is 0.446 e. The van der Waals surface area contributed by atoms with Gasteiger partial charge in [0, 0.05) is 20.1 Å². The lowest BCUT2D eigenvalue weighted by molar-refractivity contribution is 0.0758. The quantitative estimate of drug-likeness (QED) is 0.651. The van der Waals surface area contributed by atoms with Gasteiger partial charge in [-0.15, -0.1) is 0 Å². The molecule has 0 bridgehead atoms. The van der Waals surface area contributed by atoms with Gasteiger partial charge in [-0.1, -0.05) is 6.92 Å². The van der Waals surface area contributed by atoms with E-state index in [0.717, 1.165) is 6.42 Å². The second-order valence-electron chi connectivity index (χ2n) is 2.25. The Labute approximate surface area is 66.7 Å². The first-order chi connectivity index (χ1) is 5.20. The van der Waals surface area contributed by atoms with Crippen LogP contribution in [0.3, 0.4) is 0 Å². The number of ether oxygens (including phenoxy) is 2. The maximum absolute atomic E-state index is 10.3. The fraction of sp³-hybridized carbons (Fsp3) is 0.857. The number of carbonyl (C=O) groups is 1. The van der Waals surface area contributed by atoms with Crippen LogP contribution in [0.4, 0.5) is 4.79 Å². The van der Waals surface area contributed by atoms with E-state index in [4.69, 9.17) is 15.2 Å². The summed E-state index contributed by atoms with van der Waals surface area (Å²) in [6.45, 7) is 2.52. The molecular formula is C7H15NO3. The van der Waals surface area contributed by atoms with E-state index in [1.54, 1.807) is 7.11 Å². The first-order valence-corrected chi connectivity index (χ1v) is 3.65. The molecule has 4 heteroatoms. The van der Waals surface area contributed by atoms with Crippen LogP contribution in [0.2, 0.25) is 0 Å². The molecule has 1 atom stereocenters. The van der Waals surface area contributed by atoms with E-state index < -0.39 is 6.09 Å². The average molecular weight is 161 g/mol. The zero-order chi connectivity index (χ0) is 8.69. The second kappa shape index (κ2) is 5.97. The number of rotatable bonds is 5. The van der Waals surface area contributed by atoms with Crippen LogP contribution in [0.25, 0.3) is 0 Å². The van der Waals surface area contributed by atoms with Crippen LogP contribution in [0.15, 0.2) is 0 Å². The minimum absolute atomic E-state index is 0.104. The summed E-state index contributed by atoms with van der Waals surface area (Å²) in [5.74, 6) is 0. The van der Waals surface area contributed by atoms with Crippen molar-refractivity contribution in [3.63, 3.8) is 0 Å². The van der Waals surface area contributed by atoms with Gasteiger partial charge in [0.25, 0.3) is 0 Å². The lowest BCUT2D eigenvalue weighted by Crippen LogP contribution is -2.23. The molecule has 0 saturated carbocycles. The van der Waals surface area contributed by atoms with Crippen LogP contribution in [0, 0.1) is 0 Å². The van der Waals surface area contributed by atoms with Gasteiger partial charge in [-0.3, -0.25) is 0 Å². The fourth-order valence-electron chi connectivity index (χ4n) is 0.760. The van der Waals surface area contributed by atoms with Crippen molar-refractivity contribution in [1.82, 2.24) is 0 Å². The highest BCUT2D eigenvalue weighted by Crippen LogP contribution is 2.02. The molecule has 1 unspecified atom stereocenters. The number of nitrogens with two attached hydrogens (primary N) is 1. The molecular weight excluding hydrogens is 146 g/mol. The summed E-state index contributed by atoms with van der Waals surface area (Å²) in [6.07, 6.45) is 0.655. The van der Waals surface area contributed by atoms with Crippen molar-refractivity contribution in [3.8, 4) is 0 Å². The molecule has 0 aromatic heterocycles. The standard InChI is InChI=1S/C7H15NO3/c1-3-6(4-5-10-2)11-7(8)9/h6H,3-5H2,1-2H3,(H2,8,9). The molecule has 0 aromatic carbocycles. The van der Waals surface area contributed by atoms with Crippen LogP contribution in [0.5, 0.6) is 0 Å². The van der Waals surface area contributed by atoms with E-state index in [2.05, 4.69) is 0 Å². The molecule has 0 saturated heterocycles. The Kier molecular flexibility index (Phi) is 5.56. The van der Waals surface area contributed by atoms with Crippen molar-refractivity contribution >= 4 is 6.09 Å². The summed E-state index contributed by atoms with van der Waals surface area (Å²) in [4.78, 5) is 10.3. The van der Waals surface area contributed by atoms with Crippen molar-refractivity contribution in [3.05, 3.63) is 0 Å². The predicted molar refractivity (Wildman–Crippen MR) is 41.2 cm³/mol. The summed E-state index contributed by atoms with van der Waals surface area (Å²) in [7, 11) is 1.61. The maximum Gasteiger partial charge on any atom is 0.404 e. The number of carbonyl (C=O) groups excluding carboxylic acids is 1. The molecule has 4 nitrogen and oxygen atoms in total. The molecule has 0 aliphatic heterocycles. The summed E-state index contributed by atoms with van der Waals surface area (Å²) in [5.41, 5.74) is 4.84. The monoisotopic (exact) mass is 161 g/mol. The van der Waals surface area contributed by atoms with Gasteiger partial charge in [0.1, 0.15) is 6.10 Å². The Morgan fingerprint density at radius 2 is 2.27 bits per heavy atom. The van der Waals surface area contributed by atoms with E-state index in [1.807, 2.05) is 6.92 Å². The molecule has 0 fully saturated rings. The van der Waals surface area contributed by atoms with Crippen LogP contribution < -0.4 is 5.73 Å². The van der Waals surface area contributed by atoms with Crippen molar-refractivity contribution in [2.24, 2.45) is 5.73 Å². The molecule has 0 spiro atoms. The Morgan fingerprint density at radius 3 is 2.64 bits per heavy atom. The molecule has 11 heavy (non-hydrogen) atoms. The van der Waals surface area contributed by atoms with Gasteiger partial charge in [-0.05, 0) is 6.42 Å². The molecule has 1 amide bonds. The molecule has 0 radical (unpaired) electrons. The summed E-state index contributed by atoms with van der Waals surface area (Å²) in [5, 5.41) is 0. The lowest BCUT2D eigenvalue weighted by Gasteiger charge is -2.13. The average Bonchev–Trinajstić information content (AvgIpc) is 1.97. The van der Waals surface area contributed by atoms with Crippen molar-refractivity contribution in [2.45, 2.75) is 25.9 Å². The summed E-state index contributed by atoms with van der Waals surface area (Å²) in [6, 6.07) is 0. The van der Waals surface area contributed by atoms with Gasteiger partial charge in [-0.25, -0.2) is 4.79 Å². The van der Waals surface area contributed by atoms with Crippen molar-refractivity contribution < 1.29 is 14.3 Å². The van der Waals surface area contributed by atoms with Crippen LogP contribution >= 0.6 is 0 Å². The van der Waals surface area contributed by atoms with Crippen LogP contribution in [-0.4, -0.2) is 25.9 Å². The van der Waals surface area contributed by atoms with Gasteiger partial charge in [0.05, 0.1) is 0 Å². The predicted octanol–water partition coefficient (Wildman–Crippen LogP) is 0.897. The van der Waals surface area contributed by atoms with E-state index in [9.17, 15) is 4.79 Å². The molecule has 0 aromatic rings. The summed E-state index contributed by atoms with van der Waals surface area (Å²) >= 11 is 0.